The van der Waals surface area contributed by atoms with Gasteiger partial charge in [-0.25, -0.2) is 0 Å². The van der Waals surface area contributed by atoms with Crippen molar-refractivity contribution in [1.82, 2.24) is 4.90 Å². The molecule has 2 heterocycles. The van der Waals surface area contributed by atoms with E-state index in [9.17, 15) is 0 Å². The molecule has 0 atom stereocenters. The molecule has 0 amide bonds. The summed E-state index contributed by atoms with van der Waals surface area (Å²) in [7, 11) is 0. The molecular formula is C14H15BrN2O. The topological polar surface area (TPSA) is 42.4 Å². The molecule has 0 bridgehead atoms. The molecule has 94 valence electrons. The van der Waals surface area contributed by atoms with Crippen molar-refractivity contribution in [2.45, 2.75) is 12.6 Å². The van der Waals surface area contributed by atoms with E-state index in [1.807, 2.05) is 36.4 Å². The average molecular weight is 307 g/mol. The molecular weight excluding hydrogens is 292 g/mol. The Labute approximate surface area is 115 Å². The summed E-state index contributed by atoms with van der Waals surface area (Å²) in [6.45, 7) is 2.78. The third-order valence-corrected chi connectivity index (χ3v) is 3.68. The van der Waals surface area contributed by atoms with Crippen LogP contribution in [0, 0.1) is 0 Å². The molecule has 3 rings (SSSR count). The minimum absolute atomic E-state index is 0.339. The SMILES string of the molecule is NC1CN(Cc2ccc(-c3ccc(Br)cc3)o2)C1. The second kappa shape index (κ2) is 4.88. The molecule has 18 heavy (non-hydrogen) atoms. The van der Waals surface area contributed by atoms with E-state index < -0.39 is 0 Å². The maximum absolute atomic E-state index is 5.85. The number of hydrogen-bond acceptors (Lipinski definition) is 3. The van der Waals surface area contributed by atoms with Gasteiger partial charge in [-0.2, -0.15) is 0 Å². The van der Waals surface area contributed by atoms with E-state index in [-0.39, 0.29) is 0 Å². The van der Waals surface area contributed by atoms with E-state index in [0.717, 1.165) is 41.2 Å². The molecule has 1 aromatic carbocycles. The van der Waals surface area contributed by atoms with Crippen LogP contribution in [0.4, 0.5) is 0 Å². The van der Waals surface area contributed by atoms with Gasteiger partial charge in [0, 0.05) is 29.2 Å². The van der Waals surface area contributed by atoms with Gasteiger partial charge in [-0.05, 0) is 24.3 Å². The van der Waals surface area contributed by atoms with Crippen LogP contribution in [0.1, 0.15) is 5.76 Å². The lowest BCUT2D eigenvalue weighted by Crippen LogP contribution is -2.54. The lowest BCUT2D eigenvalue weighted by atomic mass is 10.1. The van der Waals surface area contributed by atoms with Gasteiger partial charge in [-0.15, -0.1) is 0 Å². The quantitative estimate of drug-likeness (QED) is 0.948. The van der Waals surface area contributed by atoms with E-state index >= 15 is 0 Å². The van der Waals surface area contributed by atoms with Crippen molar-refractivity contribution in [2.75, 3.05) is 13.1 Å². The van der Waals surface area contributed by atoms with Gasteiger partial charge >= 0.3 is 0 Å². The summed E-state index contributed by atoms with van der Waals surface area (Å²) in [5, 5.41) is 0. The third kappa shape index (κ3) is 2.51. The molecule has 1 aliphatic rings. The lowest BCUT2D eigenvalue weighted by molar-refractivity contribution is 0.132. The zero-order chi connectivity index (χ0) is 12.5. The lowest BCUT2D eigenvalue weighted by Gasteiger charge is -2.35. The number of benzene rings is 1. The summed E-state index contributed by atoms with van der Waals surface area (Å²) in [6.07, 6.45) is 0. The van der Waals surface area contributed by atoms with Crippen LogP contribution in [-0.2, 0) is 6.54 Å². The second-order valence-electron chi connectivity index (χ2n) is 4.73. The smallest absolute Gasteiger partial charge is 0.134 e. The molecule has 4 heteroatoms. The van der Waals surface area contributed by atoms with Crippen molar-refractivity contribution in [1.29, 1.82) is 0 Å². The Morgan fingerprint density at radius 2 is 1.89 bits per heavy atom. The van der Waals surface area contributed by atoms with Crippen molar-refractivity contribution >= 4 is 15.9 Å². The van der Waals surface area contributed by atoms with Crippen LogP contribution >= 0.6 is 15.9 Å². The highest BCUT2D eigenvalue weighted by atomic mass is 79.9. The van der Waals surface area contributed by atoms with Crippen LogP contribution in [0.3, 0.4) is 0 Å². The van der Waals surface area contributed by atoms with E-state index in [0.29, 0.717) is 6.04 Å². The van der Waals surface area contributed by atoms with E-state index in [1.54, 1.807) is 0 Å². The Morgan fingerprint density at radius 3 is 2.56 bits per heavy atom. The largest absolute Gasteiger partial charge is 0.460 e. The highest BCUT2D eigenvalue weighted by Gasteiger charge is 2.23. The summed E-state index contributed by atoms with van der Waals surface area (Å²) in [5.74, 6) is 1.92. The van der Waals surface area contributed by atoms with Gasteiger partial charge in [0.05, 0.1) is 6.54 Å². The van der Waals surface area contributed by atoms with Crippen LogP contribution in [0.5, 0.6) is 0 Å². The van der Waals surface area contributed by atoms with E-state index in [1.165, 1.54) is 0 Å². The summed E-state index contributed by atoms with van der Waals surface area (Å²) < 4.78 is 6.93. The zero-order valence-electron chi connectivity index (χ0n) is 9.97. The molecule has 0 unspecified atom stereocenters. The Bertz CT molecular complexity index is 529. The number of halogens is 1. The Morgan fingerprint density at radius 1 is 1.17 bits per heavy atom. The Balaban J connectivity index is 1.71. The number of nitrogens with two attached hydrogens (primary N) is 1. The predicted molar refractivity (Wildman–Crippen MR) is 75.1 cm³/mol. The van der Waals surface area contributed by atoms with Crippen LogP contribution < -0.4 is 5.73 Å². The monoisotopic (exact) mass is 306 g/mol. The third-order valence-electron chi connectivity index (χ3n) is 3.16. The number of likely N-dealkylation sites (tertiary alicyclic amines) is 1. The summed E-state index contributed by atoms with van der Waals surface area (Å²) >= 11 is 3.43. The van der Waals surface area contributed by atoms with Gasteiger partial charge in [0.2, 0.25) is 0 Å². The average Bonchev–Trinajstić information content (AvgIpc) is 2.77. The minimum atomic E-state index is 0.339. The fraction of sp³-hybridized carbons (Fsp3) is 0.286. The van der Waals surface area contributed by atoms with Crippen LogP contribution in [0.15, 0.2) is 45.3 Å². The normalized spacial score (nSPS) is 16.8. The van der Waals surface area contributed by atoms with Crippen LogP contribution in [-0.4, -0.2) is 24.0 Å². The van der Waals surface area contributed by atoms with Gasteiger partial charge in [0.1, 0.15) is 11.5 Å². The molecule has 0 spiro atoms. The molecule has 1 saturated heterocycles. The highest BCUT2D eigenvalue weighted by Crippen LogP contribution is 2.25. The molecule has 2 aromatic rings. The van der Waals surface area contributed by atoms with Crippen molar-refractivity contribution in [2.24, 2.45) is 5.73 Å². The molecule has 0 aliphatic carbocycles. The van der Waals surface area contributed by atoms with Gasteiger partial charge in [0.25, 0.3) is 0 Å². The first-order valence-corrected chi connectivity index (χ1v) is 6.82. The van der Waals surface area contributed by atoms with Crippen LogP contribution in [0.25, 0.3) is 11.3 Å². The van der Waals surface area contributed by atoms with Crippen molar-refractivity contribution in [3.05, 3.63) is 46.6 Å². The van der Waals surface area contributed by atoms with Crippen LogP contribution in [0.2, 0.25) is 0 Å². The predicted octanol–water partition coefficient (Wildman–Crippen LogP) is 2.85. The summed E-state index contributed by atoms with van der Waals surface area (Å²) in [6, 6.07) is 12.5. The standard InChI is InChI=1S/C14H15BrN2O/c15-11-3-1-10(2-4-11)14-6-5-13(18-14)9-17-7-12(16)8-17/h1-6,12H,7-9,16H2. The van der Waals surface area contributed by atoms with E-state index in [4.69, 9.17) is 10.2 Å². The van der Waals surface area contributed by atoms with Gasteiger partial charge in [0.15, 0.2) is 0 Å². The Hall–Kier alpha value is -1.10. The zero-order valence-corrected chi connectivity index (χ0v) is 11.6. The molecule has 1 aliphatic heterocycles. The summed E-state index contributed by atoms with van der Waals surface area (Å²) in [4.78, 5) is 2.29. The molecule has 3 nitrogen and oxygen atoms in total. The molecule has 0 radical (unpaired) electrons. The fourth-order valence-electron chi connectivity index (χ4n) is 2.19. The Kier molecular flexibility index (Phi) is 3.24. The fourth-order valence-corrected chi connectivity index (χ4v) is 2.46. The van der Waals surface area contributed by atoms with Crippen molar-refractivity contribution in [3.63, 3.8) is 0 Å². The maximum Gasteiger partial charge on any atom is 0.134 e. The van der Waals surface area contributed by atoms with Gasteiger partial charge in [-0.3, -0.25) is 4.90 Å². The minimum Gasteiger partial charge on any atom is -0.460 e. The number of hydrogen-bond donors (Lipinski definition) is 1. The molecule has 1 aromatic heterocycles. The van der Waals surface area contributed by atoms with Gasteiger partial charge in [-0.1, -0.05) is 28.1 Å². The summed E-state index contributed by atoms with van der Waals surface area (Å²) in [5.41, 5.74) is 6.86. The highest BCUT2D eigenvalue weighted by molar-refractivity contribution is 9.10. The number of rotatable bonds is 3. The van der Waals surface area contributed by atoms with Gasteiger partial charge < -0.3 is 10.2 Å². The first-order chi connectivity index (χ1) is 8.70. The number of nitrogens with zero attached hydrogens (tertiary/aromatic N) is 1. The van der Waals surface area contributed by atoms with Crippen molar-refractivity contribution in [3.8, 4) is 11.3 Å². The maximum atomic E-state index is 5.85. The first kappa shape index (κ1) is 12.0. The van der Waals surface area contributed by atoms with E-state index in [2.05, 4.69) is 20.8 Å². The number of furan rings is 1. The second-order valence-corrected chi connectivity index (χ2v) is 5.64. The molecule has 1 fully saturated rings. The molecule has 2 N–H and O–H groups in total. The molecule has 0 saturated carbocycles. The van der Waals surface area contributed by atoms with Crippen molar-refractivity contribution < 1.29 is 4.42 Å². The first-order valence-electron chi connectivity index (χ1n) is 6.03.